The van der Waals surface area contributed by atoms with Crippen LogP contribution in [0.1, 0.15) is 23.2 Å². The Labute approximate surface area is 132 Å². The third-order valence-electron chi connectivity index (χ3n) is 4.25. The lowest BCUT2D eigenvalue weighted by Gasteiger charge is -2.18. The molecule has 3 rings (SSSR count). The van der Waals surface area contributed by atoms with Crippen LogP contribution >= 0.6 is 11.6 Å². The van der Waals surface area contributed by atoms with Gasteiger partial charge in [0, 0.05) is 24.2 Å². The van der Waals surface area contributed by atoms with Gasteiger partial charge in [-0.15, -0.1) is 0 Å². The zero-order chi connectivity index (χ0) is 16.2. The molecule has 1 aromatic rings. The molecule has 0 bridgehead atoms. The van der Waals surface area contributed by atoms with Crippen LogP contribution in [0, 0.1) is 17.8 Å². The lowest BCUT2D eigenvalue weighted by Crippen LogP contribution is -2.37. The highest BCUT2D eigenvalue weighted by Gasteiger charge is 2.54. The van der Waals surface area contributed by atoms with Gasteiger partial charge in [0.15, 0.2) is 27.2 Å². The highest BCUT2D eigenvalue weighted by Crippen LogP contribution is 2.48. The lowest BCUT2D eigenvalue weighted by atomic mass is 9.81. The Morgan fingerprint density at radius 1 is 1.27 bits per heavy atom. The fourth-order valence-electron chi connectivity index (χ4n) is 2.93. The predicted molar refractivity (Wildman–Crippen MR) is 78.6 cm³/mol. The summed E-state index contributed by atoms with van der Waals surface area (Å²) in [6.07, 6.45) is 1.96. The largest absolute Gasteiger partial charge is 0.298 e. The first-order chi connectivity index (χ1) is 10.2. The van der Waals surface area contributed by atoms with Gasteiger partial charge < -0.3 is 0 Å². The summed E-state index contributed by atoms with van der Waals surface area (Å²) in [6, 6.07) is 3.69. The van der Waals surface area contributed by atoms with Gasteiger partial charge in [-0.25, -0.2) is 8.42 Å². The van der Waals surface area contributed by atoms with Gasteiger partial charge in [0.05, 0.1) is 9.92 Å². The van der Waals surface area contributed by atoms with Crippen LogP contribution in [0.15, 0.2) is 23.1 Å². The average molecular weight is 341 g/mol. The van der Waals surface area contributed by atoms with E-state index in [4.69, 9.17) is 11.6 Å². The van der Waals surface area contributed by atoms with Crippen LogP contribution in [0.3, 0.4) is 0 Å². The number of carbonyl (C=O) groups excluding carboxylic acids is 3. The minimum Gasteiger partial charge on any atom is -0.298 e. The summed E-state index contributed by atoms with van der Waals surface area (Å²) < 4.78 is 22.9. The number of fused-ring (bicyclic) bond motifs is 1. The van der Waals surface area contributed by atoms with E-state index >= 15 is 0 Å². The van der Waals surface area contributed by atoms with Gasteiger partial charge in [-0.3, -0.25) is 14.4 Å². The molecule has 0 amide bonds. The van der Waals surface area contributed by atoms with Crippen LogP contribution in [0.2, 0.25) is 5.02 Å². The van der Waals surface area contributed by atoms with Gasteiger partial charge >= 0.3 is 0 Å². The first kappa shape index (κ1) is 15.4. The van der Waals surface area contributed by atoms with Crippen LogP contribution in [-0.2, 0) is 19.4 Å². The van der Waals surface area contributed by atoms with E-state index in [2.05, 4.69) is 0 Å². The summed E-state index contributed by atoms with van der Waals surface area (Å²) >= 11 is 5.98. The molecule has 5 nitrogen and oxygen atoms in total. The molecular formula is C15H13ClO5S. The van der Waals surface area contributed by atoms with Crippen LogP contribution in [0.4, 0.5) is 0 Å². The maximum atomic E-state index is 12.5. The molecule has 0 N–H and O–H groups in total. The smallest absolute Gasteiger partial charge is 0.182 e. The molecule has 0 aromatic heterocycles. The minimum absolute atomic E-state index is 0.0138. The predicted octanol–water partition coefficient (Wildman–Crippen LogP) is 1.72. The zero-order valence-corrected chi connectivity index (χ0v) is 13.3. The third kappa shape index (κ3) is 2.50. The van der Waals surface area contributed by atoms with E-state index in [0.29, 0.717) is 6.42 Å². The second kappa shape index (κ2) is 4.99. The third-order valence-corrected chi connectivity index (χ3v) is 5.68. The van der Waals surface area contributed by atoms with Crippen molar-refractivity contribution in [3.05, 3.63) is 28.8 Å². The molecular weight excluding hydrogens is 328 g/mol. The van der Waals surface area contributed by atoms with Crippen molar-refractivity contribution < 1.29 is 22.8 Å². The number of hydrogen-bond acceptors (Lipinski definition) is 5. The van der Waals surface area contributed by atoms with E-state index in [1.165, 1.54) is 18.2 Å². The van der Waals surface area contributed by atoms with Gasteiger partial charge in [-0.2, -0.15) is 0 Å². The maximum Gasteiger partial charge on any atom is 0.182 e. The molecule has 3 unspecified atom stereocenters. The van der Waals surface area contributed by atoms with Crippen molar-refractivity contribution in [2.45, 2.75) is 17.7 Å². The molecule has 0 radical (unpaired) electrons. The minimum atomic E-state index is -3.45. The van der Waals surface area contributed by atoms with Crippen LogP contribution < -0.4 is 0 Å². The van der Waals surface area contributed by atoms with E-state index in [9.17, 15) is 22.8 Å². The summed E-state index contributed by atoms with van der Waals surface area (Å²) in [5.41, 5.74) is 0.0138. The Kier molecular flexibility index (Phi) is 3.49. The Hall–Kier alpha value is -1.53. The number of carbonyl (C=O) groups is 3. The normalized spacial score (nSPS) is 27.5. The topological polar surface area (TPSA) is 85.3 Å². The SMILES string of the molecule is CS(=O)(=O)c1ccc(C(=O)C2C(=O)CC3CC3C2=O)c(Cl)c1. The second-order valence-electron chi connectivity index (χ2n) is 5.89. The number of rotatable bonds is 3. The van der Waals surface area contributed by atoms with E-state index < -0.39 is 21.5 Å². The Balaban J connectivity index is 1.95. The number of sulfone groups is 1. The highest BCUT2D eigenvalue weighted by atomic mass is 35.5. The standard InChI is InChI=1S/C15H13ClO5S/c1-22(20,21)8-2-3-9(11(16)6-8)14(18)13-12(17)5-7-4-10(7)15(13)19/h2-3,6-7,10,13H,4-5H2,1H3. The first-order valence-electron chi connectivity index (χ1n) is 6.80. The molecule has 0 heterocycles. The quantitative estimate of drug-likeness (QED) is 0.617. The Bertz CT molecular complexity index is 811. The van der Waals surface area contributed by atoms with Crippen molar-refractivity contribution in [3.63, 3.8) is 0 Å². The van der Waals surface area contributed by atoms with E-state index in [0.717, 1.165) is 6.26 Å². The number of ketones is 3. The molecule has 7 heteroatoms. The van der Waals surface area contributed by atoms with Crippen molar-refractivity contribution in [2.75, 3.05) is 6.26 Å². The Morgan fingerprint density at radius 2 is 1.95 bits per heavy atom. The van der Waals surface area contributed by atoms with E-state index in [1.54, 1.807) is 0 Å². The summed E-state index contributed by atoms with van der Waals surface area (Å²) in [4.78, 5) is 36.6. The average Bonchev–Trinajstić information content (AvgIpc) is 3.16. The Morgan fingerprint density at radius 3 is 2.55 bits per heavy atom. The first-order valence-corrected chi connectivity index (χ1v) is 9.07. The van der Waals surface area contributed by atoms with E-state index in [1.807, 2.05) is 0 Å². The zero-order valence-electron chi connectivity index (χ0n) is 11.7. The molecule has 3 atom stereocenters. The van der Waals surface area contributed by atoms with Gasteiger partial charge in [-0.1, -0.05) is 11.6 Å². The van der Waals surface area contributed by atoms with Crippen molar-refractivity contribution in [2.24, 2.45) is 17.8 Å². The fourth-order valence-corrected chi connectivity index (χ4v) is 3.91. The van der Waals surface area contributed by atoms with Crippen LogP contribution in [0.25, 0.3) is 0 Å². The maximum absolute atomic E-state index is 12.5. The van der Waals surface area contributed by atoms with Crippen molar-refractivity contribution in [3.8, 4) is 0 Å². The molecule has 2 fully saturated rings. The van der Waals surface area contributed by atoms with Crippen molar-refractivity contribution >= 4 is 38.8 Å². The summed E-state index contributed by atoms with van der Waals surface area (Å²) in [7, 11) is -3.45. The van der Waals surface area contributed by atoms with Gasteiger partial charge in [-0.05, 0) is 30.5 Å². The van der Waals surface area contributed by atoms with E-state index in [-0.39, 0.29) is 45.3 Å². The summed E-state index contributed by atoms with van der Waals surface area (Å²) in [6.45, 7) is 0. The lowest BCUT2D eigenvalue weighted by molar-refractivity contribution is -0.133. The van der Waals surface area contributed by atoms with Gasteiger partial charge in [0.2, 0.25) is 0 Å². The molecule has 2 aliphatic rings. The van der Waals surface area contributed by atoms with Gasteiger partial charge in [0.1, 0.15) is 5.92 Å². The summed E-state index contributed by atoms with van der Waals surface area (Å²) in [5.74, 6) is -2.69. The van der Waals surface area contributed by atoms with Crippen molar-refractivity contribution in [1.82, 2.24) is 0 Å². The molecule has 2 aliphatic carbocycles. The molecule has 0 spiro atoms. The molecule has 0 aliphatic heterocycles. The molecule has 22 heavy (non-hydrogen) atoms. The number of benzene rings is 1. The molecule has 1 aromatic carbocycles. The van der Waals surface area contributed by atoms with Crippen molar-refractivity contribution in [1.29, 1.82) is 0 Å². The molecule has 0 saturated heterocycles. The van der Waals surface area contributed by atoms with Crippen LogP contribution in [0.5, 0.6) is 0 Å². The number of Topliss-reactive ketones (excluding diaryl/α,β-unsaturated/α-hetero) is 3. The van der Waals surface area contributed by atoms with Gasteiger partial charge in [0.25, 0.3) is 0 Å². The fraction of sp³-hybridized carbons (Fsp3) is 0.400. The molecule has 116 valence electrons. The second-order valence-corrected chi connectivity index (χ2v) is 8.31. The summed E-state index contributed by atoms with van der Waals surface area (Å²) in [5, 5.41) is -0.0635. The number of hydrogen-bond donors (Lipinski definition) is 0. The highest BCUT2D eigenvalue weighted by molar-refractivity contribution is 7.90. The molecule has 2 saturated carbocycles. The van der Waals surface area contributed by atoms with Crippen LogP contribution in [-0.4, -0.2) is 32.0 Å². The monoisotopic (exact) mass is 340 g/mol. The number of halogens is 1.